The predicted octanol–water partition coefficient (Wildman–Crippen LogP) is 2.33. The van der Waals surface area contributed by atoms with E-state index in [9.17, 15) is 9.59 Å². The Bertz CT molecular complexity index is 605. The van der Waals surface area contributed by atoms with Gasteiger partial charge in [-0.3, -0.25) is 4.79 Å². The molecule has 0 fully saturated rings. The molecule has 1 heterocycles. The number of anilines is 1. The van der Waals surface area contributed by atoms with Crippen molar-refractivity contribution in [2.45, 2.75) is 13.3 Å². The summed E-state index contributed by atoms with van der Waals surface area (Å²) in [5.74, 6) is -1.16. The fourth-order valence-electron chi connectivity index (χ4n) is 1.52. The minimum atomic E-state index is -0.990. The Morgan fingerprint density at radius 2 is 2.00 bits per heavy atom. The monoisotopic (exact) mass is 276 g/mol. The number of benzene rings is 1. The molecule has 0 aliphatic rings. The molecule has 2 N–H and O–H groups in total. The Morgan fingerprint density at radius 1 is 1.32 bits per heavy atom. The molecule has 0 saturated carbocycles. The van der Waals surface area contributed by atoms with Crippen molar-refractivity contribution < 1.29 is 14.7 Å². The van der Waals surface area contributed by atoms with Gasteiger partial charge in [0.05, 0.1) is 12.0 Å². The first-order valence-corrected chi connectivity index (χ1v) is 6.47. The maximum atomic E-state index is 11.7. The summed E-state index contributed by atoms with van der Waals surface area (Å²) in [7, 11) is 0. The number of aryl methyl sites for hydroxylation is 1. The van der Waals surface area contributed by atoms with Gasteiger partial charge in [-0.05, 0) is 31.2 Å². The highest BCUT2D eigenvalue weighted by molar-refractivity contribution is 7.09. The van der Waals surface area contributed by atoms with Crippen LogP contribution in [-0.2, 0) is 11.2 Å². The number of hydrogen-bond acceptors (Lipinski definition) is 4. The van der Waals surface area contributed by atoms with Gasteiger partial charge in [-0.1, -0.05) is 0 Å². The lowest BCUT2D eigenvalue weighted by atomic mass is 10.2. The number of nitrogens with one attached hydrogen (secondary N) is 1. The second-order valence-corrected chi connectivity index (χ2v) is 4.93. The summed E-state index contributed by atoms with van der Waals surface area (Å²) < 4.78 is 0. The molecule has 0 aliphatic carbocycles. The molecule has 2 aromatic rings. The third-order valence-corrected chi connectivity index (χ3v) is 3.36. The summed E-state index contributed by atoms with van der Waals surface area (Å²) in [6, 6.07) is 6.03. The summed E-state index contributed by atoms with van der Waals surface area (Å²) in [5.41, 5.74) is 1.66. The van der Waals surface area contributed by atoms with Gasteiger partial charge in [0.15, 0.2) is 0 Å². The van der Waals surface area contributed by atoms with Crippen LogP contribution in [0.3, 0.4) is 0 Å². The van der Waals surface area contributed by atoms with E-state index in [4.69, 9.17) is 5.11 Å². The molecule has 6 heteroatoms. The molecule has 0 bridgehead atoms. The number of hydrogen-bond donors (Lipinski definition) is 2. The number of aromatic nitrogens is 1. The SMILES string of the molecule is Cc1csc(CC(=O)Nc2ccc(C(=O)O)cc2)n1. The Morgan fingerprint density at radius 3 is 2.53 bits per heavy atom. The van der Waals surface area contributed by atoms with Crippen molar-refractivity contribution in [3.63, 3.8) is 0 Å². The van der Waals surface area contributed by atoms with Gasteiger partial charge in [-0.2, -0.15) is 0 Å². The second kappa shape index (κ2) is 5.62. The number of nitrogens with zero attached hydrogens (tertiary/aromatic N) is 1. The third kappa shape index (κ3) is 3.62. The van der Waals surface area contributed by atoms with Gasteiger partial charge in [0, 0.05) is 16.8 Å². The highest BCUT2D eigenvalue weighted by atomic mass is 32.1. The minimum Gasteiger partial charge on any atom is -0.478 e. The average Bonchev–Trinajstić information content (AvgIpc) is 2.75. The molecule has 19 heavy (non-hydrogen) atoms. The van der Waals surface area contributed by atoms with Crippen LogP contribution in [0.5, 0.6) is 0 Å². The molecule has 0 aliphatic heterocycles. The number of carboxylic acids is 1. The van der Waals surface area contributed by atoms with E-state index in [0.29, 0.717) is 5.69 Å². The van der Waals surface area contributed by atoms with E-state index in [2.05, 4.69) is 10.3 Å². The van der Waals surface area contributed by atoms with Crippen LogP contribution in [-0.4, -0.2) is 22.0 Å². The molecular formula is C13H12N2O3S. The zero-order valence-electron chi connectivity index (χ0n) is 10.2. The molecule has 1 aromatic carbocycles. The quantitative estimate of drug-likeness (QED) is 0.898. The summed E-state index contributed by atoms with van der Waals surface area (Å²) in [4.78, 5) is 26.6. The number of carbonyl (C=O) groups is 2. The topological polar surface area (TPSA) is 79.3 Å². The van der Waals surface area contributed by atoms with Crippen molar-refractivity contribution in [2.24, 2.45) is 0 Å². The summed E-state index contributed by atoms with van der Waals surface area (Å²) >= 11 is 1.45. The van der Waals surface area contributed by atoms with Gasteiger partial charge in [-0.15, -0.1) is 11.3 Å². The van der Waals surface area contributed by atoms with Crippen LogP contribution in [0.15, 0.2) is 29.6 Å². The van der Waals surface area contributed by atoms with Crippen molar-refractivity contribution in [3.8, 4) is 0 Å². The molecule has 0 unspecified atom stereocenters. The molecule has 2 rings (SSSR count). The van der Waals surface area contributed by atoms with E-state index in [1.807, 2.05) is 12.3 Å². The molecule has 1 amide bonds. The fraction of sp³-hybridized carbons (Fsp3) is 0.154. The number of amides is 1. The van der Waals surface area contributed by atoms with E-state index < -0.39 is 5.97 Å². The van der Waals surface area contributed by atoms with Crippen molar-refractivity contribution >= 4 is 28.9 Å². The second-order valence-electron chi connectivity index (χ2n) is 3.99. The molecular weight excluding hydrogens is 264 g/mol. The van der Waals surface area contributed by atoms with E-state index in [1.165, 1.54) is 23.5 Å². The standard InChI is InChI=1S/C13H12N2O3S/c1-8-7-19-12(14-8)6-11(16)15-10-4-2-9(3-5-10)13(17)18/h2-5,7H,6H2,1H3,(H,15,16)(H,17,18). The maximum absolute atomic E-state index is 11.7. The molecule has 98 valence electrons. The van der Waals surface area contributed by atoms with Gasteiger partial charge < -0.3 is 10.4 Å². The predicted molar refractivity (Wildman–Crippen MR) is 72.6 cm³/mol. The number of aromatic carboxylic acids is 1. The van der Waals surface area contributed by atoms with Gasteiger partial charge >= 0.3 is 5.97 Å². The first kappa shape index (κ1) is 13.2. The first-order chi connectivity index (χ1) is 9.04. The molecule has 0 radical (unpaired) electrons. The smallest absolute Gasteiger partial charge is 0.335 e. The Balaban J connectivity index is 1.97. The Hall–Kier alpha value is -2.21. The van der Waals surface area contributed by atoms with Crippen molar-refractivity contribution in [2.75, 3.05) is 5.32 Å². The van der Waals surface area contributed by atoms with E-state index in [1.54, 1.807) is 12.1 Å². The number of thiazole rings is 1. The van der Waals surface area contributed by atoms with Crippen LogP contribution in [0.25, 0.3) is 0 Å². The van der Waals surface area contributed by atoms with Gasteiger partial charge in [-0.25, -0.2) is 9.78 Å². The van der Waals surface area contributed by atoms with Crippen molar-refractivity contribution in [3.05, 3.63) is 45.9 Å². The van der Waals surface area contributed by atoms with Gasteiger partial charge in [0.1, 0.15) is 5.01 Å². The summed E-state index contributed by atoms with van der Waals surface area (Å²) in [6.45, 7) is 1.88. The fourth-order valence-corrected chi connectivity index (χ4v) is 2.29. The zero-order valence-corrected chi connectivity index (χ0v) is 11.0. The highest BCUT2D eigenvalue weighted by Crippen LogP contribution is 2.12. The van der Waals surface area contributed by atoms with Crippen LogP contribution in [0.2, 0.25) is 0 Å². The lowest BCUT2D eigenvalue weighted by molar-refractivity contribution is -0.115. The lowest BCUT2D eigenvalue weighted by Gasteiger charge is -2.04. The largest absolute Gasteiger partial charge is 0.478 e. The van der Waals surface area contributed by atoms with Crippen LogP contribution < -0.4 is 5.32 Å². The number of carbonyl (C=O) groups excluding carboxylic acids is 1. The summed E-state index contributed by atoms with van der Waals surface area (Å²) in [6.07, 6.45) is 0.221. The zero-order chi connectivity index (χ0) is 13.8. The van der Waals surface area contributed by atoms with Gasteiger partial charge in [0.25, 0.3) is 0 Å². The molecule has 0 atom stereocenters. The molecule has 0 spiro atoms. The molecule has 0 saturated heterocycles. The van der Waals surface area contributed by atoms with Crippen molar-refractivity contribution in [1.82, 2.24) is 4.98 Å². The maximum Gasteiger partial charge on any atom is 0.335 e. The minimum absolute atomic E-state index is 0.169. The third-order valence-electron chi connectivity index (χ3n) is 2.39. The lowest BCUT2D eigenvalue weighted by Crippen LogP contribution is -2.14. The molecule has 5 nitrogen and oxygen atoms in total. The molecule has 1 aromatic heterocycles. The van der Waals surface area contributed by atoms with Crippen LogP contribution in [0, 0.1) is 6.92 Å². The number of rotatable bonds is 4. The van der Waals surface area contributed by atoms with Gasteiger partial charge in [0.2, 0.25) is 5.91 Å². The average molecular weight is 276 g/mol. The van der Waals surface area contributed by atoms with Crippen LogP contribution in [0.1, 0.15) is 21.1 Å². The normalized spacial score (nSPS) is 10.2. The highest BCUT2D eigenvalue weighted by Gasteiger charge is 2.08. The van der Waals surface area contributed by atoms with Crippen molar-refractivity contribution in [1.29, 1.82) is 0 Å². The Kier molecular flexibility index (Phi) is 3.91. The first-order valence-electron chi connectivity index (χ1n) is 5.59. The Labute approximate surface area is 113 Å². The van der Waals surface area contributed by atoms with E-state index >= 15 is 0 Å². The van der Waals surface area contributed by atoms with Crippen LogP contribution >= 0.6 is 11.3 Å². The van der Waals surface area contributed by atoms with E-state index in [-0.39, 0.29) is 17.9 Å². The van der Waals surface area contributed by atoms with E-state index in [0.717, 1.165) is 10.7 Å². The van der Waals surface area contributed by atoms with Crippen LogP contribution in [0.4, 0.5) is 5.69 Å². The number of carboxylic acid groups (broad SMARTS) is 1. The summed E-state index contributed by atoms with van der Waals surface area (Å²) in [5, 5.41) is 14.1.